The molecule has 9 heteroatoms. The molecule has 9 nitrogen and oxygen atoms in total. The van der Waals surface area contributed by atoms with Crippen molar-refractivity contribution in [1.82, 2.24) is 10.6 Å². The third-order valence-corrected chi connectivity index (χ3v) is 5.78. The first-order valence-electron chi connectivity index (χ1n) is 9.52. The molecule has 0 radical (unpaired) electrons. The van der Waals surface area contributed by atoms with E-state index in [1.54, 1.807) is 0 Å². The van der Waals surface area contributed by atoms with E-state index in [1.165, 1.54) is 0 Å². The van der Waals surface area contributed by atoms with Crippen molar-refractivity contribution in [3.05, 3.63) is 23.8 Å². The van der Waals surface area contributed by atoms with Gasteiger partial charge < -0.3 is 20.7 Å². The van der Waals surface area contributed by atoms with Gasteiger partial charge >= 0.3 is 6.03 Å². The van der Waals surface area contributed by atoms with Gasteiger partial charge in [-0.3, -0.25) is 20.2 Å². The maximum Gasteiger partial charge on any atom is 0.328 e. The van der Waals surface area contributed by atoms with Crippen molar-refractivity contribution < 1.29 is 19.1 Å². The Morgan fingerprint density at radius 1 is 1.25 bits per heavy atom. The van der Waals surface area contributed by atoms with E-state index < -0.39 is 29.3 Å². The number of nitrogens with zero attached hydrogens (tertiary/aromatic N) is 1. The van der Waals surface area contributed by atoms with E-state index in [4.69, 9.17) is 10.5 Å². The lowest BCUT2D eigenvalue weighted by Crippen LogP contribution is -2.75. The van der Waals surface area contributed by atoms with Gasteiger partial charge in [-0.25, -0.2) is 4.79 Å². The lowest BCUT2D eigenvalue weighted by molar-refractivity contribution is -0.153. The molecule has 0 unspecified atom stereocenters. The molecule has 2 saturated heterocycles. The average Bonchev–Trinajstić information content (AvgIpc) is 2.63. The molecule has 1 aromatic carbocycles. The molecule has 0 aliphatic carbocycles. The van der Waals surface area contributed by atoms with E-state index in [1.807, 2.05) is 32.0 Å². The second-order valence-electron chi connectivity index (χ2n) is 7.69. The highest BCUT2D eigenvalue weighted by Crippen LogP contribution is 2.47. The number of anilines is 2. The molecular formula is C19H25N5O4. The van der Waals surface area contributed by atoms with Gasteiger partial charge in [0, 0.05) is 31.0 Å². The Labute approximate surface area is 163 Å². The molecule has 0 saturated carbocycles. The van der Waals surface area contributed by atoms with Gasteiger partial charge in [0.1, 0.15) is 0 Å². The second-order valence-corrected chi connectivity index (χ2v) is 7.69. The van der Waals surface area contributed by atoms with Crippen LogP contribution in [0.4, 0.5) is 16.2 Å². The number of morpholine rings is 1. The van der Waals surface area contributed by atoms with Crippen molar-refractivity contribution in [3.8, 4) is 0 Å². The number of benzene rings is 1. The minimum atomic E-state index is -1.44. The number of carbonyl (C=O) groups excluding carboxylic acids is 3. The number of imide groups is 2. The van der Waals surface area contributed by atoms with Gasteiger partial charge in [-0.15, -0.1) is 0 Å². The third-order valence-electron chi connectivity index (χ3n) is 5.78. The number of fused-ring (bicyclic) bond motifs is 4. The van der Waals surface area contributed by atoms with Gasteiger partial charge in [0.25, 0.3) is 0 Å². The second kappa shape index (κ2) is 6.75. The van der Waals surface area contributed by atoms with Gasteiger partial charge in [-0.05, 0) is 44.0 Å². The van der Waals surface area contributed by atoms with Gasteiger partial charge in [0.05, 0.1) is 18.2 Å². The van der Waals surface area contributed by atoms with Crippen LogP contribution in [0.5, 0.6) is 0 Å². The molecule has 3 aliphatic rings. The Kier molecular flexibility index (Phi) is 4.51. The van der Waals surface area contributed by atoms with Crippen molar-refractivity contribution in [2.45, 2.75) is 38.5 Å². The van der Waals surface area contributed by atoms with Crippen LogP contribution in [0.1, 0.15) is 19.4 Å². The molecule has 3 heterocycles. The summed E-state index contributed by atoms with van der Waals surface area (Å²) in [6.45, 7) is 5.50. The number of carbonyl (C=O) groups is 3. The van der Waals surface area contributed by atoms with E-state index in [-0.39, 0.29) is 18.6 Å². The van der Waals surface area contributed by atoms with E-state index in [2.05, 4.69) is 20.9 Å². The van der Waals surface area contributed by atoms with Crippen molar-refractivity contribution in [2.24, 2.45) is 11.1 Å². The summed E-state index contributed by atoms with van der Waals surface area (Å²) in [5, 5.41) is 7.81. The van der Waals surface area contributed by atoms with Crippen LogP contribution in [-0.4, -0.2) is 55.7 Å². The number of barbiturate groups is 1. The molecule has 0 bridgehead atoms. The number of nitrogens with one attached hydrogen (secondary N) is 3. The zero-order chi connectivity index (χ0) is 20.1. The van der Waals surface area contributed by atoms with Crippen LogP contribution in [-0.2, 0) is 20.7 Å². The standard InChI is InChI=1S/C19H25N5O4/c1-10-9-24-14-4-3-13(21-6-5-20)7-12(14)8-19(15(24)11(2)28-10)16(25)22-18(27)23-17(19)26/h3-4,7,10-11,15,21H,5-6,8-9,20H2,1-2H3,(H2,22,23,25,26,27)/t10-,11+,15-/m1/s1. The van der Waals surface area contributed by atoms with Crippen LogP contribution in [0.15, 0.2) is 18.2 Å². The first kappa shape index (κ1) is 18.7. The number of ether oxygens (including phenoxy) is 1. The molecule has 1 aromatic rings. The molecule has 5 N–H and O–H groups in total. The number of urea groups is 1. The quantitative estimate of drug-likeness (QED) is 0.536. The normalized spacial score (nSPS) is 28.3. The number of nitrogens with two attached hydrogens (primary N) is 1. The van der Waals surface area contributed by atoms with Gasteiger partial charge in [0.2, 0.25) is 11.8 Å². The lowest BCUT2D eigenvalue weighted by Gasteiger charge is -2.55. The zero-order valence-corrected chi connectivity index (χ0v) is 16.0. The van der Waals surface area contributed by atoms with Crippen LogP contribution >= 0.6 is 0 Å². The molecule has 2 fully saturated rings. The first-order chi connectivity index (χ1) is 13.4. The fourth-order valence-corrected chi connectivity index (χ4v) is 4.77. The van der Waals surface area contributed by atoms with E-state index >= 15 is 0 Å². The number of hydrogen-bond acceptors (Lipinski definition) is 7. The topological polar surface area (TPSA) is 126 Å². The van der Waals surface area contributed by atoms with Crippen LogP contribution in [0.2, 0.25) is 0 Å². The summed E-state index contributed by atoms with van der Waals surface area (Å²) in [7, 11) is 0. The highest BCUT2D eigenvalue weighted by atomic mass is 16.5. The average molecular weight is 387 g/mol. The maximum absolute atomic E-state index is 13.0. The highest BCUT2D eigenvalue weighted by molar-refractivity contribution is 6.20. The summed E-state index contributed by atoms with van der Waals surface area (Å²) in [5.74, 6) is -1.15. The van der Waals surface area contributed by atoms with E-state index in [0.29, 0.717) is 19.6 Å². The smallest absolute Gasteiger partial charge is 0.328 e. The lowest BCUT2D eigenvalue weighted by atomic mass is 9.66. The van der Waals surface area contributed by atoms with Crippen molar-refractivity contribution >= 4 is 29.2 Å². The predicted molar refractivity (Wildman–Crippen MR) is 103 cm³/mol. The fraction of sp³-hybridized carbons (Fsp3) is 0.526. The highest BCUT2D eigenvalue weighted by Gasteiger charge is 2.62. The molecule has 28 heavy (non-hydrogen) atoms. The summed E-state index contributed by atoms with van der Waals surface area (Å²) in [4.78, 5) is 39.8. The van der Waals surface area contributed by atoms with Gasteiger partial charge in [-0.1, -0.05) is 0 Å². The number of hydrogen-bond donors (Lipinski definition) is 4. The minimum absolute atomic E-state index is 0.0550. The maximum atomic E-state index is 13.0. The van der Waals surface area contributed by atoms with Crippen LogP contribution in [0, 0.1) is 5.41 Å². The summed E-state index contributed by atoms with van der Waals surface area (Å²) >= 11 is 0. The summed E-state index contributed by atoms with van der Waals surface area (Å²) in [5.41, 5.74) is 6.86. The van der Waals surface area contributed by atoms with Crippen LogP contribution in [0.25, 0.3) is 0 Å². The zero-order valence-electron chi connectivity index (χ0n) is 16.0. The third kappa shape index (κ3) is 2.73. The van der Waals surface area contributed by atoms with Crippen molar-refractivity contribution in [2.75, 3.05) is 29.9 Å². The molecule has 1 spiro atoms. The summed E-state index contributed by atoms with van der Waals surface area (Å²) in [6, 6.07) is 4.63. The van der Waals surface area contributed by atoms with Crippen LogP contribution < -0.4 is 26.6 Å². The van der Waals surface area contributed by atoms with Crippen LogP contribution in [0.3, 0.4) is 0 Å². The molecule has 4 rings (SSSR count). The molecule has 0 aromatic heterocycles. The Morgan fingerprint density at radius 2 is 1.96 bits per heavy atom. The monoisotopic (exact) mass is 387 g/mol. The fourth-order valence-electron chi connectivity index (χ4n) is 4.77. The molecule has 3 atom stereocenters. The van der Waals surface area contributed by atoms with E-state index in [0.717, 1.165) is 16.9 Å². The van der Waals surface area contributed by atoms with Gasteiger partial charge in [0.15, 0.2) is 5.41 Å². The molecule has 3 aliphatic heterocycles. The Hall–Kier alpha value is -2.65. The van der Waals surface area contributed by atoms with Crippen molar-refractivity contribution in [3.63, 3.8) is 0 Å². The molecular weight excluding hydrogens is 362 g/mol. The Bertz CT molecular complexity index is 822. The number of amides is 4. The molecule has 4 amide bonds. The summed E-state index contributed by atoms with van der Waals surface area (Å²) < 4.78 is 5.99. The predicted octanol–water partition coefficient (Wildman–Crippen LogP) is -0.0521. The Morgan fingerprint density at radius 3 is 2.64 bits per heavy atom. The van der Waals surface area contributed by atoms with Gasteiger partial charge in [-0.2, -0.15) is 0 Å². The minimum Gasteiger partial charge on any atom is -0.384 e. The summed E-state index contributed by atoms with van der Waals surface area (Å²) in [6.07, 6.45) is -0.230. The largest absolute Gasteiger partial charge is 0.384 e. The molecule has 150 valence electrons. The SMILES string of the molecule is C[C@@H]1CN2c3ccc(NCCN)cc3CC3(C(=O)NC(=O)NC3=O)[C@H]2[C@H](C)O1. The Balaban J connectivity index is 1.84. The van der Waals surface area contributed by atoms with E-state index in [9.17, 15) is 14.4 Å². The first-order valence-corrected chi connectivity index (χ1v) is 9.52. The number of rotatable bonds is 3. The van der Waals surface area contributed by atoms with Crippen molar-refractivity contribution in [1.29, 1.82) is 0 Å².